The molecule has 0 radical (unpaired) electrons. The number of rotatable bonds is 7. The molecule has 1 N–H and O–H groups in total. The van der Waals surface area contributed by atoms with Crippen LogP contribution >= 0.6 is 27.5 Å². The van der Waals surface area contributed by atoms with Crippen LogP contribution in [0.25, 0.3) is 0 Å². The smallest absolute Gasteiger partial charge is 0.243 e. The van der Waals surface area contributed by atoms with E-state index in [2.05, 4.69) is 21.2 Å². The van der Waals surface area contributed by atoms with Crippen LogP contribution in [0.1, 0.15) is 11.1 Å². The van der Waals surface area contributed by atoms with Crippen LogP contribution in [0.15, 0.2) is 76.1 Å². The molecule has 0 heterocycles. The van der Waals surface area contributed by atoms with E-state index in [1.54, 1.807) is 42.5 Å². The van der Waals surface area contributed by atoms with Crippen LogP contribution in [0.2, 0.25) is 5.02 Å². The lowest BCUT2D eigenvalue weighted by atomic mass is 10.2. The van der Waals surface area contributed by atoms with E-state index in [-0.39, 0.29) is 17.1 Å². The molecule has 9 heteroatoms. The Morgan fingerprint density at radius 1 is 1.10 bits per heavy atom. The number of nitrogens with one attached hydrogen (secondary N) is 1. The number of aryl methyl sites for hydroxylation is 1. The lowest BCUT2D eigenvalue weighted by Crippen LogP contribution is -2.37. The Kier molecular flexibility index (Phi) is 7.48. The maximum absolute atomic E-state index is 14.1. The minimum absolute atomic E-state index is 0.0383. The standard InChI is InChI=1S/C22H19BrClFN2O3S/c1-15-5-8-19(9-6-15)31(29,30)27(13-16-3-2-4-18(24)11-16)14-22(28)26-21-10-7-17(23)12-20(21)25/h2-12H,13-14H2,1H3,(H,26,28). The monoisotopic (exact) mass is 524 g/mol. The van der Waals surface area contributed by atoms with Crippen LogP contribution in [-0.4, -0.2) is 25.2 Å². The van der Waals surface area contributed by atoms with Gasteiger partial charge in [0.05, 0.1) is 17.1 Å². The molecule has 3 aromatic carbocycles. The summed E-state index contributed by atoms with van der Waals surface area (Å²) in [4.78, 5) is 12.7. The van der Waals surface area contributed by atoms with Crippen LogP contribution in [0.4, 0.5) is 10.1 Å². The number of halogens is 3. The van der Waals surface area contributed by atoms with Crippen molar-refractivity contribution in [1.29, 1.82) is 0 Å². The number of amides is 1. The Hall–Kier alpha value is -2.26. The number of hydrogen-bond donors (Lipinski definition) is 1. The van der Waals surface area contributed by atoms with E-state index in [0.717, 1.165) is 9.87 Å². The molecule has 0 aromatic heterocycles. The molecule has 0 saturated heterocycles. The number of carbonyl (C=O) groups is 1. The highest BCUT2D eigenvalue weighted by atomic mass is 79.9. The van der Waals surface area contributed by atoms with Gasteiger partial charge in [-0.15, -0.1) is 0 Å². The highest BCUT2D eigenvalue weighted by Gasteiger charge is 2.27. The molecular weight excluding hydrogens is 507 g/mol. The van der Waals surface area contributed by atoms with Gasteiger partial charge < -0.3 is 5.32 Å². The summed E-state index contributed by atoms with van der Waals surface area (Å²) in [6, 6.07) is 17.2. The van der Waals surface area contributed by atoms with Crippen molar-refractivity contribution >= 4 is 49.1 Å². The van der Waals surface area contributed by atoms with E-state index in [4.69, 9.17) is 11.6 Å². The van der Waals surface area contributed by atoms with E-state index in [1.165, 1.54) is 24.3 Å². The highest BCUT2D eigenvalue weighted by Crippen LogP contribution is 2.22. The molecular formula is C22H19BrClFN2O3S. The fourth-order valence-electron chi connectivity index (χ4n) is 2.86. The third-order valence-corrected chi connectivity index (χ3v) is 6.97. The summed E-state index contributed by atoms with van der Waals surface area (Å²) in [5.41, 5.74) is 1.48. The van der Waals surface area contributed by atoms with Gasteiger partial charge in [-0.25, -0.2) is 12.8 Å². The second kappa shape index (κ2) is 9.91. The number of nitrogens with zero attached hydrogens (tertiary/aromatic N) is 1. The first-order valence-electron chi connectivity index (χ1n) is 9.21. The summed E-state index contributed by atoms with van der Waals surface area (Å²) in [5.74, 6) is -1.30. The second-order valence-corrected chi connectivity index (χ2v) is 10.2. The Balaban J connectivity index is 1.89. The van der Waals surface area contributed by atoms with Crippen LogP contribution in [0.5, 0.6) is 0 Å². The Labute approximate surface area is 194 Å². The largest absolute Gasteiger partial charge is 0.322 e. The molecule has 0 aliphatic heterocycles. The van der Waals surface area contributed by atoms with Gasteiger partial charge in [0.15, 0.2) is 0 Å². The molecule has 3 rings (SSSR count). The fourth-order valence-corrected chi connectivity index (χ4v) is 4.80. The SMILES string of the molecule is Cc1ccc(S(=O)(=O)N(CC(=O)Nc2ccc(Br)cc2F)Cc2cccc(Cl)c2)cc1. The van der Waals surface area contributed by atoms with Gasteiger partial charge in [0.1, 0.15) is 5.82 Å². The van der Waals surface area contributed by atoms with Gasteiger partial charge in [0, 0.05) is 16.0 Å². The van der Waals surface area contributed by atoms with Gasteiger partial charge >= 0.3 is 0 Å². The van der Waals surface area contributed by atoms with Crippen LogP contribution in [0, 0.1) is 12.7 Å². The molecule has 0 bridgehead atoms. The van der Waals surface area contributed by atoms with E-state index in [0.29, 0.717) is 15.1 Å². The number of benzene rings is 3. The van der Waals surface area contributed by atoms with Crippen molar-refractivity contribution in [3.63, 3.8) is 0 Å². The van der Waals surface area contributed by atoms with E-state index >= 15 is 0 Å². The molecule has 1 amide bonds. The number of sulfonamides is 1. The summed E-state index contributed by atoms with van der Waals surface area (Å²) in [5, 5.41) is 2.88. The number of carbonyl (C=O) groups excluding carboxylic acids is 1. The first-order chi connectivity index (χ1) is 14.6. The van der Waals surface area contributed by atoms with Crippen molar-refractivity contribution in [3.05, 3.63) is 93.2 Å². The molecule has 0 saturated carbocycles. The molecule has 5 nitrogen and oxygen atoms in total. The fraction of sp³-hybridized carbons (Fsp3) is 0.136. The second-order valence-electron chi connectivity index (χ2n) is 6.89. The quantitative estimate of drug-likeness (QED) is 0.450. The Morgan fingerprint density at radius 3 is 2.45 bits per heavy atom. The third-order valence-electron chi connectivity index (χ3n) is 4.43. The van der Waals surface area contributed by atoms with Crippen LogP contribution < -0.4 is 5.32 Å². The van der Waals surface area contributed by atoms with Crippen LogP contribution in [0.3, 0.4) is 0 Å². The highest BCUT2D eigenvalue weighted by molar-refractivity contribution is 9.10. The van der Waals surface area contributed by atoms with Crippen molar-refractivity contribution < 1.29 is 17.6 Å². The minimum Gasteiger partial charge on any atom is -0.322 e. The Morgan fingerprint density at radius 2 is 1.81 bits per heavy atom. The predicted octanol–water partition coefficient (Wildman–Crippen LogP) is 5.38. The van der Waals surface area contributed by atoms with Crippen molar-refractivity contribution in [3.8, 4) is 0 Å². The predicted molar refractivity (Wildman–Crippen MR) is 123 cm³/mol. The van der Waals surface area contributed by atoms with Crippen molar-refractivity contribution in [2.45, 2.75) is 18.4 Å². The Bertz CT molecular complexity index is 1200. The van der Waals surface area contributed by atoms with E-state index in [9.17, 15) is 17.6 Å². The molecule has 0 aliphatic carbocycles. The first-order valence-corrected chi connectivity index (χ1v) is 11.8. The molecule has 0 spiro atoms. The topological polar surface area (TPSA) is 66.5 Å². The van der Waals surface area contributed by atoms with Gasteiger partial charge in [0.25, 0.3) is 0 Å². The average molecular weight is 526 g/mol. The van der Waals surface area contributed by atoms with Crippen LogP contribution in [-0.2, 0) is 21.4 Å². The lowest BCUT2D eigenvalue weighted by molar-refractivity contribution is -0.116. The van der Waals surface area contributed by atoms with Crippen molar-refractivity contribution in [2.24, 2.45) is 0 Å². The summed E-state index contributed by atoms with van der Waals surface area (Å²) >= 11 is 9.18. The number of anilines is 1. The molecule has 0 aliphatic rings. The summed E-state index contributed by atoms with van der Waals surface area (Å²) < 4.78 is 42.2. The summed E-state index contributed by atoms with van der Waals surface area (Å²) in [7, 11) is -4.00. The first kappa shape index (κ1) is 23.4. The normalized spacial score (nSPS) is 11.5. The molecule has 0 atom stereocenters. The number of hydrogen-bond acceptors (Lipinski definition) is 3. The molecule has 31 heavy (non-hydrogen) atoms. The van der Waals surface area contributed by atoms with Gasteiger partial charge in [-0.2, -0.15) is 4.31 Å². The minimum atomic E-state index is -4.00. The maximum atomic E-state index is 14.1. The molecule has 0 unspecified atom stereocenters. The zero-order valence-electron chi connectivity index (χ0n) is 16.5. The summed E-state index contributed by atoms with van der Waals surface area (Å²) in [6.45, 7) is 1.27. The maximum Gasteiger partial charge on any atom is 0.243 e. The van der Waals surface area contributed by atoms with Crippen molar-refractivity contribution in [1.82, 2.24) is 4.31 Å². The van der Waals surface area contributed by atoms with E-state index in [1.807, 2.05) is 6.92 Å². The van der Waals surface area contributed by atoms with Gasteiger partial charge in [0.2, 0.25) is 15.9 Å². The third kappa shape index (κ3) is 6.13. The zero-order valence-corrected chi connectivity index (χ0v) is 19.6. The van der Waals surface area contributed by atoms with Crippen molar-refractivity contribution in [2.75, 3.05) is 11.9 Å². The molecule has 162 valence electrons. The van der Waals surface area contributed by atoms with Gasteiger partial charge in [-0.05, 0) is 55.0 Å². The average Bonchev–Trinajstić information content (AvgIpc) is 2.70. The molecule has 3 aromatic rings. The zero-order chi connectivity index (χ0) is 22.6. The van der Waals surface area contributed by atoms with Gasteiger partial charge in [-0.1, -0.05) is 57.4 Å². The lowest BCUT2D eigenvalue weighted by Gasteiger charge is -2.22. The van der Waals surface area contributed by atoms with Gasteiger partial charge in [-0.3, -0.25) is 4.79 Å². The summed E-state index contributed by atoms with van der Waals surface area (Å²) in [6.07, 6.45) is 0. The van der Waals surface area contributed by atoms with E-state index < -0.39 is 28.3 Å². The molecule has 0 fully saturated rings.